The summed E-state index contributed by atoms with van der Waals surface area (Å²) in [5, 5.41) is 7.86. The molecule has 1 N–H and O–H groups in total. The van der Waals surface area contributed by atoms with Gasteiger partial charge in [0.05, 0.1) is 24.2 Å². The fourth-order valence-corrected chi connectivity index (χ4v) is 3.46. The first kappa shape index (κ1) is 18.3. The molecule has 1 aliphatic heterocycles. The smallest absolute Gasteiger partial charge is 0.203 e. The summed E-state index contributed by atoms with van der Waals surface area (Å²) in [5.74, 6) is 0.907. The Bertz CT molecular complexity index is 918. The number of nitrogens with one attached hydrogen (secondary N) is 1. The van der Waals surface area contributed by atoms with Crippen LogP contribution < -0.4 is 4.74 Å². The summed E-state index contributed by atoms with van der Waals surface area (Å²) >= 11 is 12.5. The average molecular weight is 406 g/mol. The highest BCUT2D eigenvalue weighted by molar-refractivity contribution is 6.31. The molecule has 1 saturated heterocycles. The van der Waals surface area contributed by atoms with E-state index in [0.717, 1.165) is 0 Å². The lowest BCUT2D eigenvalue weighted by molar-refractivity contribution is -0.175. The lowest BCUT2D eigenvalue weighted by Crippen LogP contribution is -2.31. The van der Waals surface area contributed by atoms with Crippen molar-refractivity contribution in [1.82, 2.24) is 15.2 Å². The predicted molar refractivity (Wildman–Crippen MR) is 101 cm³/mol. The molecule has 1 fully saturated rings. The van der Waals surface area contributed by atoms with Crippen LogP contribution in [0.4, 0.5) is 0 Å². The number of H-pyrrole nitrogens is 1. The molecule has 0 bridgehead atoms. The molecule has 1 aromatic heterocycles. The second-order valence-corrected chi connectivity index (χ2v) is 7.14. The van der Waals surface area contributed by atoms with Gasteiger partial charge in [-0.2, -0.15) is 5.10 Å². The molecular weight excluding hydrogens is 389 g/mol. The summed E-state index contributed by atoms with van der Waals surface area (Å²) in [5.41, 5.74) is 0.716. The van der Waals surface area contributed by atoms with E-state index in [0.29, 0.717) is 46.0 Å². The van der Waals surface area contributed by atoms with Crippen LogP contribution in [0.2, 0.25) is 10.0 Å². The van der Waals surface area contributed by atoms with Gasteiger partial charge < -0.3 is 14.2 Å². The van der Waals surface area contributed by atoms with E-state index in [4.69, 9.17) is 37.4 Å². The average Bonchev–Trinajstić information content (AvgIpc) is 3.28. The van der Waals surface area contributed by atoms with Crippen LogP contribution in [0, 0.1) is 0 Å². The standard InChI is InChI=1S/C19H17Cl2N3O3/c1-12-10-25-19(27-12,9-18-22-11-23-24-18)16-7-6-15(8-17(16)21)26-14-4-2-13(20)3-5-14/h2-8,11-12H,9-10H2,1H3,(H,22,23,24). The Balaban J connectivity index is 1.62. The largest absolute Gasteiger partial charge is 0.457 e. The van der Waals surface area contributed by atoms with E-state index >= 15 is 0 Å². The zero-order chi connectivity index (χ0) is 18.9. The van der Waals surface area contributed by atoms with Crippen molar-refractivity contribution in [3.05, 3.63) is 70.2 Å². The molecule has 0 saturated carbocycles. The summed E-state index contributed by atoms with van der Waals surface area (Å²) in [4.78, 5) is 4.18. The van der Waals surface area contributed by atoms with E-state index in [9.17, 15) is 0 Å². The topological polar surface area (TPSA) is 69.3 Å². The zero-order valence-corrected chi connectivity index (χ0v) is 16.0. The molecule has 3 aromatic rings. The van der Waals surface area contributed by atoms with Crippen molar-refractivity contribution in [2.45, 2.75) is 25.2 Å². The highest BCUT2D eigenvalue weighted by Gasteiger charge is 2.44. The summed E-state index contributed by atoms with van der Waals surface area (Å²) in [6, 6.07) is 12.5. The van der Waals surface area contributed by atoms with Crippen molar-refractivity contribution < 1.29 is 14.2 Å². The molecule has 27 heavy (non-hydrogen) atoms. The van der Waals surface area contributed by atoms with Crippen LogP contribution in [0.15, 0.2) is 48.8 Å². The summed E-state index contributed by atoms with van der Waals surface area (Å²) in [6.07, 6.45) is 1.76. The number of nitrogens with zero attached hydrogens (tertiary/aromatic N) is 2. The van der Waals surface area contributed by atoms with E-state index in [1.807, 2.05) is 19.1 Å². The van der Waals surface area contributed by atoms with E-state index < -0.39 is 5.79 Å². The maximum Gasteiger partial charge on any atom is 0.203 e. The van der Waals surface area contributed by atoms with Gasteiger partial charge in [0.2, 0.25) is 5.79 Å². The van der Waals surface area contributed by atoms with Crippen molar-refractivity contribution >= 4 is 23.2 Å². The molecule has 140 valence electrons. The maximum atomic E-state index is 6.57. The third-order valence-electron chi connectivity index (χ3n) is 4.21. The number of ether oxygens (including phenoxy) is 3. The van der Waals surface area contributed by atoms with Gasteiger partial charge >= 0.3 is 0 Å². The number of hydrogen-bond donors (Lipinski definition) is 1. The number of benzene rings is 2. The molecule has 2 heterocycles. The molecular formula is C19H17Cl2N3O3. The van der Waals surface area contributed by atoms with Crippen molar-refractivity contribution in [2.24, 2.45) is 0 Å². The van der Waals surface area contributed by atoms with Gasteiger partial charge in [0.15, 0.2) is 0 Å². The number of aromatic nitrogens is 3. The monoisotopic (exact) mass is 405 g/mol. The highest BCUT2D eigenvalue weighted by Crippen LogP contribution is 2.41. The molecule has 4 rings (SSSR count). The Morgan fingerprint density at radius 3 is 2.59 bits per heavy atom. The van der Waals surface area contributed by atoms with Crippen LogP contribution in [0.5, 0.6) is 11.5 Å². The second kappa shape index (κ2) is 7.48. The summed E-state index contributed by atoms with van der Waals surface area (Å²) in [7, 11) is 0. The van der Waals surface area contributed by atoms with Crippen LogP contribution in [-0.2, 0) is 21.7 Å². The van der Waals surface area contributed by atoms with Crippen molar-refractivity contribution in [2.75, 3.05) is 6.61 Å². The van der Waals surface area contributed by atoms with Gasteiger partial charge in [0.1, 0.15) is 23.7 Å². The predicted octanol–water partition coefficient (Wildman–Crippen LogP) is 4.73. The molecule has 0 spiro atoms. The number of rotatable bonds is 5. The SMILES string of the molecule is CC1COC(Cc2ncn[nH]2)(c2ccc(Oc3ccc(Cl)cc3)cc2Cl)O1. The van der Waals surface area contributed by atoms with Gasteiger partial charge in [-0.3, -0.25) is 5.10 Å². The molecule has 8 heteroatoms. The Morgan fingerprint density at radius 1 is 1.19 bits per heavy atom. The van der Waals surface area contributed by atoms with E-state index in [1.54, 1.807) is 30.3 Å². The van der Waals surface area contributed by atoms with Crippen molar-refractivity contribution in [1.29, 1.82) is 0 Å². The van der Waals surface area contributed by atoms with Crippen LogP contribution >= 0.6 is 23.2 Å². The van der Waals surface area contributed by atoms with Gasteiger partial charge in [-0.25, -0.2) is 4.98 Å². The lowest BCUT2D eigenvalue weighted by atomic mass is 10.0. The third-order valence-corrected chi connectivity index (χ3v) is 4.77. The molecule has 2 unspecified atom stereocenters. The molecule has 0 amide bonds. The Morgan fingerprint density at radius 2 is 1.96 bits per heavy atom. The maximum absolute atomic E-state index is 6.57. The van der Waals surface area contributed by atoms with Gasteiger partial charge in [-0.15, -0.1) is 0 Å². The summed E-state index contributed by atoms with van der Waals surface area (Å²) in [6.45, 7) is 2.42. The van der Waals surface area contributed by atoms with Gasteiger partial charge in [-0.1, -0.05) is 23.2 Å². The van der Waals surface area contributed by atoms with Crippen LogP contribution in [-0.4, -0.2) is 27.9 Å². The minimum Gasteiger partial charge on any atom is -0.457 e. The molecule has 6 nitrogen and oxygen atoms in total. The molecule has 0 aliphatic carbocycles. The van der Waals surface area contributed by atoms with Crippen molar-refractivity contribution in [3.63, 3.8) is 0 Å². The van der Waals surface area contributed by atoms with Crippen molar-refractivity contribution in [3.8, 4) is 11.5 Å². The summed E-state index contributed by atoms with van der Waals surface area (Å²) < 4.78 is 18.0. The Kier molecular flexibility index (Phi) is 5.06. The number of halogens is 2. The fourth-order valence-electron chi connectivity index (χ4n) is 3.02. The lowest BCUT2D eigenvalue weighted by Gasteiger charge is -2.28. The normalized spacial score (nSPS) is 22.1. The first-order valence-corrected chi connectivity index (χ1v) is 9.19. The fraction of sp³-hybridized carbons (Fsp3) is 0.263. The number of aromatic amines is 1. The highest BCUT2D eigenvalue weighted by atomic mass is 35.5. The van der Waals surface area contributed by atoms with Crippen LogP contribution in [0.3, 0.4) is 0 Å². The first-order valence-electron chi connectivity index (χ1n) is 8.43. The Hall–Kier alpha value is -2.12. The Labute approximate surface area is 166 Å². The number of hydrogen-bond acceptors (Lipinski definition) is 5. The van der Waals surface area contributed by atoms with E-state index in [-0.39, 0.29) is 6.10 Å². The molecule has 0 radical (unpaired) electrons. The molecule has 1 aliphatic rings. The minimum absolute atomic E-state index is 0.0611. The second-order valence-electron chi connectivity index (χ2n) is 6.30. The van der Waals surface area contributed by atoms with Gasteiger partial charge in [-0.05, 0) is 49.4 Å². The van der Waals surface area contributed by atoms with E-state index in [2.05, 4.69) is 15.2 Å². The first-order chi connectivity index (χ1) is 13.0. The molecule has 2 aromatic carbocycles. The van der Waals surface area contributed by atoms with E-state index in [1.165, 1.54) is 6.33 Å². The third kappa shape index (κ3) is 3.94. The van der Waals surface area contributed by atoms with Crippen LogP contribution in [0.1, 0.15) is 18.3 Å². The van der Waals surface area contributed by atoms with Gasteiger partial charge in [0, 0.05) is 10.6 Å². The van der Waals surface area contributed by atoms with Gasteiger partial charge in [0.25, 0.3) is 0 Å². The minimum atomic E-state index is -1.02. The molecule has 2 atom stereocenters. The zero-order valence-electron chi connectivity index (χ0n) is 14.5. The van der Waals surface area contributed by atoms with Crippen LogP contribution in [0.25, 0.3) is 0 Å². The quantitative estimate of drug-likeness (QED) is 0.663.